The molecule has 1 aromatic heterocycles. The molecule has 1 saturated heterocycles. The maximum atomic E-state index is 6.04. The SMILES string of the molecule is Clc1ccc(Cc2nccn2C2CCNCC2)cc1Br. The summed E-state index contributed by atoms with van der Waals surface area (Å²) in [4.78, 5) is 4.53. The summed E-state index contributed by atoms with van der Waals surface area (Å²) < 4.78 is 3.28. The quantitative estimate of drug-likeness (QED) is 0.908. The minimum absolute atomic E-state index is 0.574. The van der Waals surface area contributed by atoms with Crippen LogP contribution in [0.2, 0.25) is 5.02 Å². The van der Waals surface area contributed by atoms with Crippen LogP contribution in [0.15, 0.2) is 35.1 Å². The first kappa shape index (κ1) is 14.1. The van der Waals surface area contributed by atoms with Gasteiger partial charge in [-0.25, -0.2) is 4.98 Å². The van der Waals surface area contributed by atoms with Gasteiger partial charge in [0, 0.05) is 29.3 Å². The van der Waals surface area contributed by atoms with E-state index in [2.05, 4.69) is 49.1 Å². The molecular weight excluding hydrogens is 338 g/mol. The number of imidazole rings is 1. The third-order valence-electron chi connectivity index (χ3n) is 3.80. The van der Waals surface area contributed by atoms with Crippen LogP contribution in [0.25, 0.3) is 0 Å². The van der Waals surface area contributed by atoms with Crippen molar-refractivity contribution in [2.24, 2.45) is 0 Å². The largest absolute Gasteiger partial charge is 0.332 e. The van der Waals surface area contributed by atoms with Crippen molar-refractivity contribution in [3.8, 4) is 0 Å². The minimum atomic E-state index is 0.574. The number of hydrogen-bond acceptors (Lipinski definition) is 2. The van der Waals surface area contributed by atoms with Gasteiger partial charge < -0.3 is 9.88 Å². The summed E-state index contributed by atoms with van der Waals surface area (Å²) in [5, 5.41) is 4.15. The van der Waals surface area contributed by atoms with Gasteiger partial charge in [0.15, 0.2) is 0 Å². The maximum absolute atomic E-state index is 6.04. The van der Waals surface area contributed by atoms with Crippen molar-refractivity contribution < 1.29 is 0 Å². The van der Waals surface area contributed by atoms with Gasteiger partial charge in [-0.1, -0.05) is 17.7 Å². The highest BCUT2D eigenvalue weighted by Crippen LogP contribution is 2.25. The average Bonchev–Trinajstić information content (AvgIpc) is 2.92. The van der Waals surface area contributed by atoms with E-state index in [1.165, 1.54) is 18.4 Å². The lowest BCUT2D eigenvalue weighted by atomic mass is 10.1. The van der Waals surface area contributed by atoms with Gasteiger partial charge in [-0.15, -0.1) is 0 Å². The van der Waals surface area contributed by atoms with Crippen LogP contribution in [0.4, 0.5) is 0 Å². The van der Waals surface area contributed by atoms with E-state index < -0.39 is 0 Å². The fourth-order valence-corrected chi connectivity index (χ4v) is 3.27. The Kier molecular flexibility index (Phi) is 4.44. The van der Waals surface area contributed by atoms with Crippen LogP contribution in [-0.4, -0.2) is 22.6 Å². The van der Waals surface area contributed by atoms with Gasteiger partial charge in [-0.2, -0.15) is 0 Å². The molecule has 0 atom stereocenters. The second-order valence-corrected chi connectivity index (χ2v) is 6.42. The smallest absolute Gasteiger partial charge is 0.113 e. The molecule has 0 radical (unpaired) electrons. The number of halogens is 2. The van der Waals surface area contributed by atoms with Crippen molar-refractivity contribution in [3.63, 3.8) is 0 Å². The number of rotatable bonds is 3. The predicted octanol–water partition coefficient (Wildman–Crippen LogP) is 3.81. The molecule has 0 aliphatic carbocycles. The van der Waals surface area contributed by atoms with Crippen LogP contribution >= 0.6 is 27.5 Å². The molecule has 0 amide bonds. The lowest BCUT2D eigenvalue weighted by molar-refractivity contribution is 0.361. The van der Waals surface area contributed by atoms with Crippen LogP contribution in [-0.2, 0) is 6.42 Å². The summed E-state index contributed by atoms with van der Waals surface area (Å²) in [7, 11) is 0. The summed E-state index contributed by atoms with van der Waals surface area (Å²) in [5.41, 5.74) is 1.22. The first-order valence-electron chi connectivity index (χ1n) is 6.90. The molecule has 0 bridgehead atoms. The van der Waals surface area contributed by atoms with Crippen molar-refractivity contribution in [1.29, 1.82) is 0 Å². The number of nitrogens with one attached hydrogen (secondary N) is 1. The average molecular weight is 355 g/mol. The Labute approximate surface area is 132 Å². The Morgan fingerprint density at radius 1 is 1.35 bits per heavy atom. The van der Waals surface area contributed by atoms with Gasteiger partial charge in [0.1, 0.15) is 5.82 Å². The Bertz CT molecular complexity index is 591. The molecule has 1 aliphatic heterocycles. The van der Waals surface area contributed by atoms with Crippen molar-refractivity contribution in [3.05, 3.63) is 51.5 Å². The lowest BCUT2D eigenvalue weighted by Gasteiger charge is -2.25. The van der Waals surface area contributed by atoms with Gasteiger partial charge >= 0.3 is 0 Å². The van der Waals surface area contributed by atoms with Gasteiger partial charge in [0.05, 0.1) is 5.02 Å². The van der Waals surface area contributed by atoms with E-state index >= 15 is 0 Å². The maximum Gasteiger partial charge on any atom is 0.113 e. The zero-order chi connectivity index (χ0) is 13.9. The van der Waals surface area contributed by atoms with Crippen LogP contribution < -0.4 is 5.32 Å². The molecule has 0 unspecified atom stereocenters. The van der Waals surface area contributed by atoms with E-state index in [9.17, 15) is 0 Å². The Morgan fingerprint density at radius 3 is 2.90 bits per heavy atom. The standard InChI is InChI=1S/C15H17BrClN3/c16-13-9-11(1-2-14(13)17)10-15-19-7-8-20(15)12-3-5-18-6-4-12/h1-2,7-9,12,18H,3-6,10H2. The highest BCUT2D eigenvalue weighted by Gasteiger charge is 2.17. The molecule has 20 heavy (non-hydrogen) atoms. The molecule has 0 saturated carbocycles. The van der Waals surface area contributed by atoms with Gasteiger partial charge in [-0.3, -0.25) is 0 Å². The summed E-state index contributed by atoms with van der Waals surface area (Å²) in [6.07, 6.45) is 7.20. The number of benzene rings is 1. The van der Waals surface area contributed by atoms with Gasteiger partial charge in [0.25, 0.3) is 0 Å². The van der Waals surface area contributed by atoms with Gasteiger partial charge in [-0.05, 0) is 59.6 Å². The molecule has 5 heteroatoms. The van der Waals surface area contributed by atoms with Crippen molar-refractivity contribution in [2.45, 2.75) is 25.3 Å². The molecule has 3 rings (SSSR count). The molecule has 1 aliphatic rings. The van der Waals surface area contributed by atoms with Crippen LogP contribution in [0, 0.1) is 0 Å². The molecule has 1 N–H and O–H groups in total. The highest BCUT2D eigenvalue weighted by molar-refractivity contribution is 9.10. The zero-order valence-electron chi connectivity index (χ0n) is 11.1. The normalized spacial score (nSPS) is 16.5. The van der Waals surface area contributed by atoms with E-state index in [0.717, 1.165) is 34.8 Å². The summed E-state index contributed by atoms with van der Waals surface area (Å²) >= 11 is 9.52. The summed E-state index contributed by atoms with van der Waals surface area (Å²) in [6.45, 7) is 2.18. The first-order chi connectivity index (χ1) is 9.74. The topological polar surface area (TPSA) is 29.9 Å². The van der Waals surface area contributed by atoms with E-state index in [4.69, 9.17) is 11.6 Å². The number of aromatic nitrogens is 2. The fourth-order valence-electron chi connectivity index (χ4n) is 2.73. The number of nitrogens with zero attached hydrogens (tertiary/aromatic N) is 2. The van der Waals surface area contributed by atoms with Crippen LogP contribution in [0.3, 0.4) is 0 Å². The zero-order valence-corrected chi connectivity index (χ0v) is 13.5. The van der Waals surface area contributed by atoms with Crippen LogP contribution in [0.1, 0.15) is 30.3 Å². The second kappa shape index (κ2) is 6.29. The van der Waals surface area contributed by atoms with Crippen molar-refractivity contribution in [1.82, 2.24) is 14.9 Å². The van der Waals surface area contributed by atoms with E-state index in [1.54, 1.807) is 0 Å². The van der Waals surface area contributed by atoms with Gasteiger partial charge in [0.2, 0.25) is 0 Å². The fraction of sp³-hybridized carbons (Fsp3) is 0.400. The third kappa shape index (κ3) is 3.08. The minimum Gasteiger partial charge on any atom is -0.332 e. The molecule has 106 valence electrons. The highest BCUT2D eigenvalue weighted by atomic mass is 79.9. The molecule has 3 nitrogen and oxygen atoms in total. The molecule has 1 aromatic carbocycles. The third-order valence-corrected chi connectivity index (χ3v) is 5.01. The van der Waals surface area contributed by atoms with E-state index in [0.29, 0.717) is 6.04 Å². The van der Waals surface area contributed by atoms with Crippen LogP contribution in [0.5, 0.6) is 0 Å². The first-order valence-corrected chi connectivity index (χ1v) is 8.07. The molecular formula is C15H17BrClN3. The Balaban J connectivity index is 1.80. The Morgan fingerprint density at radius 2 is 2.15 bits per heavy atom. The van der Waals surface area contributed by atoms with E-state index in [1.807, 2.05) is 12.3 Å². The molecule has 1 fully saturated rings. The molecule has 0 spiro atoms. The van der Waals surface area contributed by atoms with E-state index in [-0.39, 0.29) is 0 Å². The monoisotopic (exact) mass is 353 g/mol. The summed E-state index contributed by atoms with van der Waals surface area (Å²) in [5.74, 6) is 1.13. The molecule has 2 aromatic rings. The van der Waals surface area contributed by atoms with Crippen molar-refractivity contribution >= 4 is 27.5 Å². The second-order valence-electron chi connectivity index (χ2n) is 5.16. The predicted molar refractivity (Wildman–Crippen MR) is 85.3 cm³/mol. The molecule has 2 heterocycles. The van der Waals surface area contributed by atoms with Crippen molar-refractivity contribution in [2.75, 3.05) is 13.1 Å². The lowest BCUT2D eigenvalue weighted by Crippen LogP contribution is -2.29. The summed E-state index contributed by atoms with van der Waals surface area (Å²) in [6, 6.07) is 6.64. The number of piperidine rings is 1. The Hall–Kier alpha value is -0.840. The number of hydrogen-bond donors (Lipinski definition) is 1.